The monoisotopic (exact) mass is 401 g/mol. The van der Waals surface area contributed by atoms with Gasteiger partial charge in [0.25, 0.3) is 5.91 Å². The molecule has 1 amide bonds. The number of carbonyl (C=O) groups is 1. The van der Waals surface area contributed by atoms with E-state index in [1.807, 2.05) is 0 Å². The van der Waals surface area contributed by atoms with E-state index in [1.165, 1.54) is 12.1 Å². The van der Waals surface area contributed by atoms with E-state index in [9.17, 15) is 22.2 Å². The Morgan fingerprint density at radius 1 is 1.33 bits per heavy atom. The summed E-state index contributed by atoms with van der Waals surface area (Å²) in [5, 5.41) is 4.09. The maximum Gasteiger partial charge on any atom is 0.416 e. The third-order valence-electron chi connectivity index (χ3n) is 4.25. The molecule has 0 unspecified atom stereocenters. The second-order valence-corrected chi connectivity index (χ2v) is 7.79. The topological polar surface area (TPSA) is 64.4 Å². The average Bonchev–Trinajstić information content (AvgIpc) is 3.05. The lowest BCUT2D eigenvalue weighted by atomic mass is 10.1. The first-order chi connectivity index (χ1) is 12.7. The van der Waals surface area contributed by atoms with Crippen LogP contribution in [0, 0.1) is 0 Å². The number of alkyl halides is 3. The minimum absolute atomic E-state index is 0.176. The number of hydrogen-bond donors (Lipinski definition) is 0. The second-order valence-electron chi connectivity index (χ2n) is 6.17. The molecule has 2 heterocycles. The van der Waals surface area contributed by atoms with Crippen LogP contribution in [0.3, 0.4) is 0 Å². The lowest BCUT2D eigenvalue weighted by Gasteiger charge is -2.34. The third kappa shape index (κ3) is 4.68. The van der Waals surface area contributed by atoms with Crippen molar-refractivity contribution in [3.63, 3.8) is 0 Å². The largest absolute Gasteiger partial charge is 0.484 e. The predicted octanol–water partition coefficient (Wildman–Crippen LogP) is 2.15. The Labute approximate surface area is 156 Å². The number of nitrogens with zero attached hydrogens (tertiary/aromatic N) is 3. The van der Waals surface area contributed by atoms with Crippen LogP contribution in [0.4, 0.5) is 13.2 Å². The van der Waals surface area contributed by atoms with Gasteiger partial charge in [-0.1, -0.05) is 0 Å². The van der Waals surface area contributed by atoms with Crippen LogP contribution >= 0.6 is 0 Å². The summed E-state index contributed by atoms with van der Waals surface area (Å²) < 4.78 is 56.6. The molecule has 1 aromatic carbocycles. The molecule has 0 aliphatic carbocycles. The Balaban J connectivity index is 1.66. The van der Waals surface area contributed by atoms with Crippen LogP contribution in [0.1, 0.15) is 17.2 Å². The molecule has 10 heteroatoms. The maximum atomic E-state index is 12.6. The highest BCUT2D eigenvalue weighted by molar-refractivity contribution is 7.85. The van der Waals surface area contributed by atoms with Crippen LogP contribution in [-0.4, -0.2) is 49.5 Å². The van der Waals surface area contributed by atoms with Crippen LogP contribution in [0.15, 0.2) is 36.7 Å². The van der Waals surface area contributed by atoms with E-state index in [4.69, 9.17) is 4.74 Å². The summed E-state index contributed by atoms with van der Waals surface area (Å²) in [4.78, 5) is 14.2. The molecule has 0 spiro atoms. The highest BCUT2D eigenvalue weighted by Gasteiger charge is 2.32. The summed E-state index contributed by atoms with van der Waals surface area (Å²) in [6.07, 6.45) is -1.02. The number of hydrogen-bond acceptors (Lipinski definition) is 4. The minimum Gasteiger partial charge on any atom is -0.484 e. The number of aryl methyl sites for hydroxylation is 1. The van der Waals surface area contributed by atoms with Gasteiger partial charge in [-0.3, -0.25) is 13.7 Å². The van der Waals surface area contributed by atoms with Crippen molar-refractivity contribution in [3.05, 3.63) is 47.8 Å². The lowest BCUT2D eigenvalue weighted by Crippen LogP contribution is -2.46. The van der Waals surface area contributed by atoms with Crippen molar-refractivity contribution in [2.45, 2.75) is 12.2 Å². The fraction of sp³-hybridized carbons (Fsp3) is 0.412. The number of rotatable bonds is 4. The highest BCUT2D eigenvalue weighted by Crippen LogP contribution is 2.30. The van der Waals surface area contributed by atoms with Crippen molar-refractivity contribution < 1.29 is 26.9 Å². The van der Waals surface area contributed by atoms with Gasteiger partial charge < -0.3 is 9.64 Å². The molecule has 0 saturated carbocycles. The molecule has 1 aliphatic rings. The first-order valence-electron chi connectivity index (χ1n) is 8.17. The van der Waals surface area contributed by atoms with Gasteiger partial charge in [0.15, 0.2) is 6.61 Å². The van der Waals surface area contributed by atoms with Crippen molar-refractivity contribution in [3.8, 4) is 5.75 Å². The Morgan fingerprint density at radius 2 is 2.04 bits per heavy atom. The molecule has 2 aromatic rings. The number of halogens is 3. The molecule has 0 bridgehead atoms. The van der Waals surface area contributed by atoms with Crippen molar-refractivity contribution in [2.24, 2.45) is 7.05 Å². The number of amides is 1. The lowest BCUT2D eigenvalue weighted by molar-refractivity contribution is -0.138. The quantitative estimate of drug-likeness (QED) is 0.788. The van der Waals surface area contributed by atoms with Gasteiger partial charge in [0, 0.05) is 47.7 Å². The normalized spacial score (nSPS) is 20.5. The SMILES string of the molecule is Cn1cc([C@H]2C[S@@](=O)CCN2C(=O)COc2ccc(C(F)(F)F)cc2)cn1. The molecule has 0 N–H and O–H groups in total. The molecule has 0 radical (unpaired) electrons. The molecule has 146 valence electrons. The van der Waals surface area contributed by atoms with Gasteiger partial charge in [-0.2, -0.15) is 18.3 Å². The molecule has 1 saturated heterocycles. The smallest absolute Gasteiger partial charge is 0.416 e. The molecule has 1 fully saturated rings. The van der Waals surface area contributed by atoms with Crippen LogP contribution in [-0.2, 0) is 28.8 Å². The maximum absolute atomic E-state index is 12.6. The molecule has 1 aliphatic heterocycles. The Hall–Kier alpha value is -2.36. The Kier molecular flexibility index (Phi) is 5.54. The van der Waals surface area contributed by atoms with Crippen LogP contribution in [0.25, 0.3) is 0 Å². The number of aromatic nitrogens is 2. The van der Waals surface area contributed by atoms with Crippen molar-refractivity contribution in [2.75, 3.05) is 24.7 Å². The van der Waals surface area contributed by atoms with Gasteiger partial charge in [0.05, 0.1) is 17.8 Å². The molecule has 2 atom stereocenters. The number of carbonyl (C=O) groups excluding carboxylic acids is 1. The minimum atomic E-state index is -4.42. The highest BCUT2D eigenvalue weighted by atomic mass is 32.2. The zero-order valence-corrected chi connectivity index (χ0v) is 15.3. The fourth-order valence-corrected chi connectivity index (χ4v) is 4.15. The standard InChI is InChI=1S/C17H18F3N3O3S/c1-22-9-12(8-21-22)15-11-27(25)7-6-23(15)16(24)10-26-14-4-2-13(3-5-14)17(18,19)20/h2-5,8-9,15H,6-7,10-11H2,1H3/t15-,27+/m1/s1. The molecular weight excluding hydrogens is 383 g/mol. The van der Waals surface area contributed by atoms with Crippen molar-refractivity contribution >= 4 is 16.7 Å². The van der Waals surface area contributed by atoms with E-state index in [0.29, 0.717) is 18.1 Å². The zero-order valence-electron chi connectivity index (χ0n) is 14.5. The molecular formula is C17H18F3N3O3S. The summed E-state index contributed by atoms with van der Waals surface area (Å²) in [7, 11) is 0.725. The van der Waals surface area contributed by atoms with E-state index >= 15 is 0 Å². The molecule has 6 nitrogen and oxygen atoms in total. The van der Waals surface area contributed by atoms with Crippen LogP contribution in [0.5, 0.6) is 5.75 Å². The van der Waals surface area contributed by atoms with Gasteiger partial charge in [-0.25, -0.2) is 0 Å². The Morgan fingerprint density at radius 3 is 2.63 bits per heavy atom. The average molecular weight is 401 g/mol. The van der Waals surface area contributed by atoms with Gasteiger partial charge in [-0.15, -0.1) is 0 Å². The summed E-state index contributed by atoms with van der Waals surface area (Å²) in [6.45, 7) is 0.0101. The van der Waals surface area contributed by atoms with Crippen molar-refractivity contribution in [1.82, 2.24) is 14.7 Å². The van der Waals surface area contributed by atoms with Gasteiger partial charge >= 0.3 is 6.18 Å². The van der Waals surface area contributed by atoms with Crippen LogP contribution in [0.2, 0.25) is 0 Å². The predicted molar refractivity (Wildman–Crippen MR) is 92.5 cm³/mol. The summed E-state index contributed by atoms with van der Waals surface area (Å²) >= 11 is 0. The van der Waals surface area contributed by atoms with Gasteiger partial charge in [-0.05, 0) is 24.3 Å². The summed E-state index contributed by atoms with van der Waals surface area (Å²) in [5.41, 5.74) is 0.00441. The molecule has 1 aromatic heterocycles. The molecule has 3 rings (SSSR count). The number of ether oxygens (including phenoxy) is 1. The molecule has 27 heavy (non-hydrogen) atoms. The van der Waals surface area contributed by atoms with E-state index in [2.05, 4.69) is 5.10 Å². The first-order valence-corrected chi connectivity index (χ1v) is 9.66. The van der Waals surface area contributed by atoms with E-state index in [0.717, 1.165) is 17.7 Å². The van der Waals surface area contributed by atoms with Gasteiger partial charge in [0.2, 0.25) is 0 Å². The van der Waals surface area contributed by atoms with Gasteiger partial charge in [0.1, 0.15) is 5.75 Å². The third-order valence-corrected chi connectivity index (χ3v) is 5.58. The fourth-order valence-electron chi connectivity index (χ4n) is 2.86. The van der Waals surface area contributed by atoms with E-state index in [-0.39, 0.29) is 24.3 Å². The van der Waals surface area contributed by atoms with Crippen LogP contribution < -0.4 is 4.74 Å². The number of benzene rings is 1. The van der Waals surface area contributed by atoms with E-state index in [1.54, 1.807) is 29.0 Å². The van der Waals surface area contributed by atoms with Crippen molar-refractivity contribution in [1.29, 1.82) is 0 Å². The Bertz CT molecular complexity index is 836. The first kappa shape index (κ1) is 19.4. The summed E-state index contributed by atoms with van der Waals surface area (Å²) in [6, 6.07) is 3.81. The summed E-state index contributed by atoms with van der Waals surface area (Å²) in [5.74, 6) is 0.552. The van der Waals surface area contributed by atoms with E-state index < -0.39 is 22.5 Å². The zero-order chi connectivity index (χ0) is 19.6. The second kappa shape index (κ2) is 7.71.